The number of anilines is 2. The van der Waals surface area contributed by atoms with Gasteiger partial charge >= 0.3 is 0 Å². The number of ether oxygens (including phenoxy) is 1. The van der Waals surface area contributed by atoms with E-state index in [0.717, 1.165) is 41.3 Å². The van der Waals surface area contributed by atoms with Crippen LogP contribution < -0.4 is 15.0 Å². The van der Waals surface area contributed by atoms with Crippen LogP contribution in [0.15, 0.2) is 36.4 Å². The molecule has 2 aromatic carbocycles. The zero-order chi connectivity index (χ0) is 18.4. The van der Waals surface area contributed by atoms with Gasteiger partial charge in [-0.3, -0.25) is 4.79 Å². The number of rotatable bonds is 7. The molecule has 25 heavy (non-hydrogen) atoms. The first-order valence-corrected chi connectivity index (χ1v) is 8.80. The van der Waals surface area contributed by atoms with Gasteiger partial charge in [0.05, 0.1) is 0 Å². The SMILES string of the molecule is CCN(CC)c1ccc(NC(=O)COc2c(C)cc(C)cc2C)cc1. The van der Waals surface area contributed by atoms with Gasteiger partial charge in [0.15, 0.2) is 6.61 Å². The summed E-state index contributed by atoms with van der Waals surface area (Å²) in [6, 6.07) is 12.0. The highest BCUT2D eigenvalue weighted by molar-refractivity contribution is 5.92. The molecule has 0 radical (unpaired) electrons. The molecule has 4 heteroatoms. The zero-order valence-corrected chi connectivity index (χ0v) is 15.8. The Bertz CT molecular complexity index is 696. The number of hydrogen-bond donors (Lipinski definition) is 1. The molecule has 4 nitrogen and oxygen atoms in total. The fourth-order valence-corrected chi connectivity index (χ4v) is 3.07. The van der Waals surface area contributed by atoms with Crippen LogP contribution in [-0.2, 0) is 4.79 Å². The quantitative estimate of drug-likeness (QED) is 0.808. The Balaban J connectivity index is 1.95. The molecule has 0 aromatic heterocycles. The van der Waals surface area contributed by atoms with Crippen molar-refractivity contribution in [1.82, 2.24) is 0 Å². The van der Waals surface area contributed by atoms with Gasteiger partial charge in [-0.1, -0.05) is 17.7 Å². The second-order valence-corrected chi connectivity index (χ2v) is 6.28. The van der Waals surface area contributed by atoms with Crippen molar-refractivity contribution in [3.05, 3.63) is 53.1 Å². The third-order valence-corrected chi connectivity index (χ3v) is 4.23. The Kier molecular flexibility index (Phi) is 6.45. The lowest BCUT2D eigenvalue weighted by Gasteiger charge is -2.21. The van der Waals surface area contributed by atoms with Gasteiger partial charge in [0.25, 0.3) is 5.91 Å². The summed E-state index contributed by atoms with van der Waals surface area (Å²) < 4.78 is 5.73. The van der Waals surface area contributed by atoms with Crippen molar-refractivity contribution < 1.29 is 9.53 Å². The molecule has 134 valence electrons. The summed E-state index contributed by atoms with van der Waals surface area (Å²) in [5.74, 6) is 0.632. The van der Waals surface area contributed by atoms with Crippen LogP contribution >= 0.6 is 0 Å². The highest BCUT2D eigenvalue weighted by Gasteiger charge is 2.09. The first-order valence-electron chi connectivity index (χ1n) is 8.80. The molecule has 1 amide bonds. The molecule has 0 saturated carbocycles. The maximum atomic E-state index is 12.2. The minimum absolute atomic E-state index is 0.00252. The van der Waals surface area contributed by atoms with E-state index in [-0.39, 0.29) is 12.5 Å². The zero-order valence-electron chi connectivity index (χ0n) is 15.8. The molecule has 0 heterocycles. The number of benzene rings is 2. The summed E-state index contributed by atoms with van der Waals surface area (Å²) >= 11 is 0. The summed E-state index contributed by atoms with van der Waals surface area (Å²) in [7, 11) is 0. The topological polar surface area (TPSA) is 41.6 Å². The van der Waals surface area contributed by atoms with Crippen LogP contribution in [0.1, 0.15) is 30.5 Å². The average Bonchev–Trinajstić information content (AvgIpc) is 2.56. The van der Waals surface area contributed by atoms with Gasteiger partial charge in [-0.25, -0.2) is 0 Å². The fourth-order valence-electron chi connectivity index (χ4n) is 3.07. The molecule has 0 bridgehead atoms. The van der Waals surface area contributed by atoms with Crippen molar-refractivity contribution in [3.63, 3.8) is 0 Å². The van der Waals surface area contributed by atoms with E-state index in [9.17, 15) is 4.79 Å². The highest BCUT2D eigenvalue weighted by Crippen LogP contribution is 2.24. The molecular formula is C21H28N2O2. The fraction of sp³-hybridized carbons (Fsp3) is 0.381. The summed E-state index contributed by atoms with van der Waals surface area (Å²) in [5.41, 5.74) is 5.23. The van der Waals surface area contributed by atoms with Crippen LogP contribution in [-0.4, -0.2) is 25.6 Å². The number of carbonyl (C=O) groups is 1. The lowest BCUT2D eigenvalue weighted by Crippen LogP contribution is -2.22. The predicted molar refractivity (Wildman–Crippen MR) is 105 cm³/mol. The molecule has 0 aliphatic rings. The Morgan fingerprint density at radius 3 is 2.08 bits per heavy atom. The molecule has 1 N–H and O–H groups in total. The molecule has 0 aliphatic carbocycles. The summed E-state index contributed by atoms with van der Waals surface area (Å²) in [6.45, 7) is 12.2. The van der Waals surface area contributed by atoms with E-state index in [2.05, 4.69) is 43.1 Å². The van der Waals surface area contributed by atoms with Crippen molar-refractivity contribution >= 4 is 17.3 Å². The second-order valence-electron chi connectivity index (χ2n) is 6.28. The number of nitrogens with one attached hydrogen (secondary N) is 1. The molecular weight excluding hydrogens is 312 g/mol. The van der Waals surface area contributed by atoms with E-state index in [4.69, 9.17) is 4.74 Å². The molecule has 0 spiro atoms. The molecule has 2 rings (SSSR count). The van der Waals surface area contributed by atoms with Crippen LogP contribution in [0.3, 0.4) is 0 Å². The van der Waals surface area contributed by atoms with E-state index in [0.29, 0.717) is 0 Å². The Labute approximate surface area is 150 Å². The monoisotopic (exact) mass is 340 g/mol. The van der Waals surface area contributed by atoms with Crippen molar-refractivity contribution in [2.45, 2.75) is 34.6 Å². The summed E-state index contributed by atoms with van der Waals surface area (Å²) in [5, 5.41) is 2.88. The van der Waals surface area contributed by atoms with Gasteiger partial charge in [-0.2, -0.15) is 0 Å². The third-order valence-electron chi connectivity index (χ3n) is 4.23. The van der Waals surface area contributed by atoms with E-state index in [1.54, 1.807) is 0 Å². The average molecular weight is 340 g/mol. The molecule has 0 aliphatic heterocycles. The Hall–Kier alpha value is -2.49. The van der Waals surface area contributed by atoms with Crippen molar-refractivity contribution in [2.24, 2.45) is 0 Å². The van der Waals surface area contributed by atoms with Crippen LogP contribution in [0.25, 0.3) is 0 Å². The maximum absolute atomic E-state index is 12.2. The highest BCUT2D eigenvalue weighted by atomic mass is 16.5. The Morgan fingerprint density at radius 2 is 1.56 bits per heavy atom. The van der Waals surface area contributed by atoms with Gasteiger partial charge in [0.2, 0.25) is 0 Å². The molecule has 0 unspecified atom stereocenters. The van der Waals surface area contributed by atoms with Gasteiger partial charge in [0, 0.05) is 24.5 Å². The number of carbonyl (C=O) groups excluding carboxylic acids is 1. The lowest BCUT2D eigenvalue weighted by atomic mass is 10.1. The van der Waals surface area contributed by atoms with Gasteiger partial charge in [0.1, 0.15) is 5.75 Å². The molecule has 0 atom stereocenters. The molecule has 0 fully saturated rings. The molecule has 2 aromatic rings. The van der Waals surface area contributed by atoms with Crippen molar-refractivity contribution in [3.8, 4) is 5.75 Å². The van der Waals surface area contributed by atoms with Gasteiger partial charge in [-0.05, 0) is 70.0 Å². The van der Waals surface area contributed by atoms with Crippen LogP contribution in [0.2, 0.25) is 0 Å². The van der Waals surface area contributed by atoms with Crippen LogP contribution in [0, 0.1) is 20.8 Å². The minimum atomic E-state index is -0.157. The Morgan fingerprint density at radius 1 is 1.00 bits per heavy atom. The van der Waals surface area contributed by atoms with E-state index >= 15 is 0 Å². The number of hydrogen-bond acceptors (Lipinski definition) is 3. The van der Waals surface area contributed by atoms with E-state index < -0.39 is 0 Å². The summed E-state index contributed by atoms with van der Waals surface area (Å²) in [6.07, 6.45) is 0. The number of nitrogens with zero attached hydrogens (tertiary/aromatic N) is 1. The third kappa shape index (κ3) is 4.99. The van der Waals surface area contributed by atoms with Gasteiger partial charge in [-0.15, -0.1) is 0 Å². The number of aryl methyl sites for hydroxylation is 3. The lowest BCUT2D eigenvalue weighted by molar-refractivity contribution is -0.118. The van der Waals surface area contributed by atoms with Gasteiger partial charge < -0.3 is 15.0 Å². The first kappa shape index (κ1) is 18.8. The van der Waals surface area contributed by atoms with Crippen molar-refractivity contribution in [2.75, 3.05) is 29.9 Å². The van der Waals surface area contributed by atoms with Crippen LogP contribution in [0.5, 0.6) is 5.75 Å². The predicted octanol–water partition coefficient (Wildman–Crippen LogP) is 4.48. The normalized spacial score (nSPS) is 10.4. The standard InChI is InChI=1S/C21H28N2O2/c1-6-23(7-2)19-10-8-18(9-11-19)22-20(24)14-25-21-16(4)12-15(3)13-17(21)5/h8-13H,6-7,14H2,1-5H3,(H,22,24). The molecule has 0 saturated heterocycles. The van der Waals surface area contributed by atoms with Crippen molar-refractivity contribution in [1.29, 1.82) is 0 Å². The largest absolute Gasteiger partial charge is 0.483 e. The smallest absolute Gasteiger partial charge is 0.262 e. The number of amides is 1. The summed E-state index contributed by atoms with van der Waals surface area (Å²) in [4.78, 5) is 14.4. The minimum Gasteiger partial charge on any atom is -0.483 e. The second kappa shape index (κ2) is 8.56. The van der Waals surface area contributed by atoms with E-state index in [1.807, 2.05) is 38.1 Å². The maximum Gasteiger partial charge on any atom is 0.262 e. The van der Waals surface area contributed by atoms with Crippen LogP contribution in [0.4, 0.5) is 11.4 Å². The first-order chi connectivity index (χ1) is 11.9. The van der Waals surface area contributed by atoms with E-state index in [1.165, 1.54) is 5.56 Å².